The molecule has 0 saturated carbocycles. The molecule has 0 saturated heterocycles. The van der Waals surface area contributed by atoms with Crippen molar-refractivity contribution in [2.24, 2.45) is 5.41 Å². The summed E-state index contributed by atoms with van der Waals surface area (Å²) < 4.78 is 0. The van der Waals surface area contributed by atoms with Crippen LogP contribution in [0.2, 0.25) is 0 Å². The number of urea groups is 1. The first kappa shape index (κ1) is 16.4. The number of carbonyl (C=O) groups is 1. The third-order valence-electron chi connectivity index (χ3n) is 3.13. The molecule has 1 heterocycles. The van der Waals surface area contributed by atoms with Crippen molar-refractivity contribution < 1.29 is 9.90 Å². The number of aryl methyl sites for hydroxylation is 1. The normalized spacial score (nSPS) is 12.8. The van der Waals surface area contributed by atoms with E-state index in [0.29, 0.717) is 6.54 Å². The minimum atomic E-state index is -0.561. The number of carbonyl (C=O) groups excluding carboxylic acids is 1. The Morgan fingerprint density at radius 2 is 2.05 bits per heavy atom. The Labute approximate surface area is 120 Å². The SMILES string of the molecule is Cc1ccc(CCNC(=O)NCC(O)C(C)(C)C)cn1. The summed E-state index contributed by atoms with van der Waals surface area (Å²) in [5, 5.41) is 15.2. The van der Waals surface area contributed by atoms with Crippen LogP contribution in [0.4, 0.5) is 4.79 Å². The molecule has 0 aliphatic heterocycles. The summed E-state index contributed by atoms with van der Waals surface area (Å²) in [7, 11) is 0. The van der Waals surface area contributed by atoms with E-state index < -0.39 is 6.10 Å². The van der Waals surface area contributed by atoms with Gasteiger partial charge >= 0.3 is 6.03 Å². The van der Waals surface area contributed by atoms with Gasteiger partial charge < -0.3 is 15.7 Å². The summed E-state index contributed by atoms with van der Waals surface area (Å²) in [5.74, 6) is 0. The zero-order valence-corrected chi connectivity index (χ0v) is 12.7. The van der Waals surface area contributed by atoms with Gasteiger partial charge in [0.1, 0.15) is 0 Å². The number of amides is 2. The van der Waals surface area contributed by atoms with Crippen molar-refractivity contribution in [2.75, 3.05) is 13.1 Å². The standard InChI is InChI=1S/C15H25N3O2/c1-11-5-6-12(9-17-11)7-8-16-14(20)18-10-13(19)15(2,3)4/h5-6,9,13,19H,7-8,10H2,1-4H3,(H2,16,18,20). The third kappa shape index (κ3) is 6.02. The highest BCUT2D eigenvalue weighted by Gasteiger charge is 2.22. The molecular weight excluding hydrogens is 254 g/mol. The fourth-order valence-electron chi connectivity index (χ4n) is 1.52. The van der Waals surface area contributed by atoms with Gasteiger partial charge in [0.05, 0.1) is 6.10 Å². The lowest BCUT2D eigenvalue weighted by atomic mass is 9.89. The zero-order chi connectivity index (χ0) is 15.2. The summed E-state index contributed by atoms with van der Waals surface area (Å²) in [6.07, 6.45) is 2.00. The molecule has 0 aliphatic carbocycles. The van der Waals surface area contributed by atoms with Gasteiger partial charge in [-0.3, -0.25) is 4.98 Å². The second-order valence-corrected chi connectivity index (χ2v) is 6.08. The minimum absolute atomic E-state index is 0.235. The predicted molar refractivity (Wildman–Crippen MR) is 79.5 cm³/mol. The van der Waals surface area contributed by atoms with E-state index in [4.69, 9.17) is 0 Å². The largest absolute Gasteiger partial charge is 0.391 e. The average Bonchev–Trinajstić information content (AvgIpc) is 2.37. The van der Waals surface area contributed by atoms with Gasteiger partial charge in [0.2, 0.25) is 0 Å². The number of nitrogens with zero attached hydrogens (tertiary/aromatic N) is 1. The highest BCUT2D eigenvalue weighted by atomic mass is 16.3. The molecule has 5 heteroatoms. The topological polar surface area (TPSA) is 74.2 Å². The van der Waals surface area contributed by atoms with Gasteiger partial charge in [0, 0.05) is 25.0 Å². The lowest BCUT2D eigenvalue weighted by Crippen LogP contribution is -2.44. The van der Waals surface area contributed by atoms with Crippen molar-refractivity contribution in [3.63, 3.8) is 0 Å². The summed E-state index contributed by atoms with van der Waals surface area (Å²) in [6.45, 7) is 8.53. The second kappa shape index (κ2) is 7.24. The van der Waals surface area contributed by atoms with Crippen LogP contribution in [0.1, 0.15) is 32.0 Å². The molecule has 0 spiro atoms. The van der Waals surface area contributed by atoms with Crippen molar-refractivity contribution in [1.82, 2.24) is 15.6 Å². The third-order valence-corrected chi connectivity index (χ3v) is 3.13. The van der Waals surface area contributed by atoms with E-state index in [2.05, 4.69) is 15.6 Å². The average molecular weight is 279 g/mol. The number of hydrogen-bond donors (Lipinski definition) is 3. The molecular formula is C15H25N3O2. The Bertz CT molecular complexity index is 424. The molecule has 0 aromatic carbocycles. The molecule has 1 unspecified atom stereocenters. The maximum absolute atomic E-state index is 11.6. The van der Waals surface area contributed by atoms with Crippen LogP contribution in [0.25, 0.3) is 0 Å². The van der Waals surface area contributed by atoms with E-state index in [1.165, 1.54) is 0 Å². The van der Waals surface area contributed by atoms with Gasteiger partial charge in [-0.15, -0.1) is 0 Å². The van der Waals surface area contributed by atoms with E-state index in [0.717, 1.165) is 17.7 Å². The van der Waals surface area contributed by atoms with Crippen LogP contribution in [0, 0.1) is 12.3 Å². The minimum Gasteiger partial charge on any atom is -0.391 e. The summed E-state index contributed by atoms with van der Waals surface area (Å²) in [6, 6.07) is 3.70. The van der Waals surface area contributed by atoms with E-state index >= 15 is 0 Å². The Morgan fingerprint density at radius 1 is 1.35 bits per heavy atom. The predicted octanol–water partition coefficient (Wildman–Crippen LogP) is 1.64. The van der Waals surface area contributed by atoms with Crippen molar-refractivity contribution in [1.29, 1.82) is 0 Å². The first-order chi connectivity index (χ1) is 9.29. The highest BCUT2D eigenvalue weighted by molar-refractivity contribution is 5.73. The van der Waals surface area contributed by atoms with Gasteiger partial charge in [-0.2, -0.15) is 0 Å². The van der Waals surface area contributed by atoms with Crippen molar-refractivity contribution in [3.8, 4) is 0 Å². The number of rotatable bonds is 5. The highest BCUT2D eigenvalue weighted by Crippen LogP contribution is 2.17. The maximum atomic E-state index is 11.6. The molecule has 1 aromatic rings. The number of nitrogens with one attached hydrogen (secondary N) is 2. The second-order valence-electron chi connectivity index (χ2n) is 6.08. The van der Waals surface area contributed by atoms with Gasteiger partial charge in [-0.05, 0) is 30.4 Å². The maximum Gasteiger partial charge on any atom is 0.314 e. The zero-order valence-electron chi connectivity index (χ0n) is 12.7. The van der Waals surface area contributed by atoms with Crippen molar-refractivity contribution in [3.05, 3.63) is 29.6 Å². The van der Waals surface area contributed by atoms with Gasteiger partial charge in [0.25, 0.3) is 0 Å². The fourth-order valence-corrected chi connectivity index (χ4v) is 1.52. The van der Waals surface area contributed by atoms with Gasteiger partial charge in [-0.1, -0.05) is 26.8 Å². The van der Waals surface area contributed by atoms with E-state index in [1.54, 1.807) is 0 Å². The molecule has 1 aromatic heterocycles. The van der Waals surface area contributed by atoms with Crippen LogP contribution in [-0.2, 0) is 6.42 Å². The Balaban J connectivity index is 2.22. The van der Waals surface area contributed by atoms with Crippen molar-refractivity contribution >= 4 is 6.03 Å². The Kier molecular flexibility index (Phi) is 5.95. The number of aliphatic hydroxyl groups excluding tert-OH is 1. The van der Waals surface area contributed by atoms with E-state index in [9.17, 15) is 9.90 Å². The summed E-state index contributed by atoms with van der Waals surface area (Å²) in [5.41, 5.74) is 1.84. The van der Waals surface area contributed by atoms with Crippen LogP contribution in [0.5, 0.6) is 0 Å². The molecule has 2 amide bonds. The monoisotopic (exact) mass is 279 g/mol. The molecule has 0 radical (unpaired) electrons. The van der Waals surface area contributed by atoms with E-state index in [1.807, 2.05) is 46.0 Å². The quantitative estimate of drug-likeness (QED) is 0.767. The molecule has 0 bridgehead atoms. The number of aliphatic hydroxyl groups is 1. The fraction of sp³-hybridized carbons (Fsp3) is 0.600. The molecule has 20 heavy (non-hydrogen) atoms. The lowest BCUT2D eigenvalue weighted by Gasteiger charge is -2.25. The molecule has 5 nitrogen and oxygen atoms in total. The van der Waals surface area contributed by atoms with Crippen molar-refractivity contribution in [2.45, 2.75) is 40.2 Å². The number of aromatic nitrogens is 1. The first-order valence-electron chi connectivity index (χ1n) is 6.90. The van der Waals surface area contributed by atoms with Gasteiger partial charge in [-0.25, -0.2) is 4.79 Å². The smallest absolute Gasteiger partial charge is 0.314 e. The molecule has 0 aliphatic rings. The summed E-state index contributed by atoms with van der Waals surface area (Å²) >= 11 is 0. The van der Waals surface area contributed by atoms with Gasteiger partial charge in [0.15, 0.2) is 0 Å². The van der Waals surface area contributed by atoms with Crippen LogP contribution in [-0.4, -0.2) is 35.3 Å². The van der Waals surface area contributed by atoms with E-state index in [-0.39, 0.29) is 18.0 Å². The summed E-state index contributed by atoms with van der Waals surface area (Å²) in [4.78, 5) is 15.8. The molecule has 0 fully saturated rings. The molecule has 1 atom stereocenters. The molecule has 3 N–H and O–H groups in total. The van der Waals surface area contributed by atoms with Crippen LogP contribution < -0.4 is 10.6 Å². The Morgan fingerprint density at radius 3 is 2.60 bits per heavy atom. The van der Waals surface area contributed by atoms with Crippen LogP contribution >= 0.6 is 0 Å². The number of hydrogen-bond acceptors (Lipinski definition) is 3. The molecule has 1 rings (SSSR count). The number of pyridine rings is 1. The molecule has 112 valence electrons. The van der Waals surface area contributed by atoms with Crippen LogP contribution in [0.3, 0.4) is 0 Å². The lowest BCUT2D eigenvalue weighted by molar-refractivity contribution is 0.0650. The first-order valence-corrected chi connectivity index (χ1v) is 6.90. The Hall–Kier alpha value is -1.62. The van der Waals surface area contributed by atoms with Crippen LogP contribution in [0.15, 0.2) is 18.3 Å².